The maximum Gasteiger partial charge on any atom is 0.264 e. The fraction of sp³-hybridized carbons (Fsp3) is 0.588. The van der Waals surface area contributed by atoms with E-state index < -0.39 is 0 Å². The number of hydrogen-bond donors (Lipinski definition) is 0. The number of carbonyl (C=O) groups is 1. The van der Waals surface area contributed by atoms with Crippen LogP contribution >= 0.6 is 11.3 Å². The Labute approximate surface area is 147 Å². The molecule has 0 aliphatic carbocycles. The van der Waals surface area contributed by atoms with Crippen molar-refractivity contribution in [2.24, 2.45) is 0 Å². The van der Waals surface area contributed by atoms with Crippen molar-refractivity contribution in [1.82, 2.24) is 24.6 Å². The summed E-state index contributed by atoms with van der Waals surface area (Å²) in [5.74, 6) is 0.196. The summed E-state index contributed by atoms with van der Waals surface area (Å²) in [4.78, 5) is 23.2. The Kier molecular flexibility index (Phi) is 5.63. The Morgan fingerprint density at radius 2 is 2.04 bits per heavy atom. The highest BCUT2D eigenvalue weighted by atomic mass is 32.1. The Morgan fingerprint density at radius 3 is 2.71 bits per heavy atom. The molecular formula is C17H25N5OS. The van der Waals surface area contributed by atoms with Gasteiger partial charge in [0.2, 0.25) is 0 Å². The van der Waals surface area contributed by atoms with Crippen LogP contribution in [0.15, 0.2) is 18.7 Å². The molecule has 2 aromatic rings. The van der Waals surface area contributed by atoms with Crippen LogP contribution in [-0.4, -0.2) is 63.2 Å². The second-order valence-corrected chi connectivity index (χ2v) is 7.49. The van der Waals surface area contributed by atoms with Crippen LogP contribution in [0.2, 0.25) is 0 Å². The van der Waals surface area contributed by atoms with Crippen molar-refractivity contribution in [1.29, 1.82) is 0 Å². The number of nitrogens with zero attached hydrogens (tertiary/aromatic N) is 5. The number of piperazine rings is 1. The zero-order valence-electron chi connectivity index (χ0n) is 14.4. The molecule has 0 aromatic carbocycles. The molecule has 1 amide bonds. The Morgan fingerprint density at radius 1 is 1.25 bits per heavy atom. The number of hydrogen-bond acceptors (Lipinski definition) is 5. The van der Waals surface area contributed by atoms with Gasteiger partial charge in [-0.2, -0.15) is 5.10 Å². The quantitative estimate of drug-likeness (QED) is 0.803. The number of amides is 1. The molecule has 0 saturated carbocycles. The molecule has 6 nitrogen and oxygen atoms in total. The van der Waals surface area contributed by atoms with Gasteiger partial charge in [-0.25, -0.2) is 4.98 Å². The predicted octanol–water partition coefficient (Wildman–Crippen LogP) is 2.06. The molecule has 0 spiro atoms. The average Bonchev–Trinajstić information content (AvgIpc) is 3.23. The molecule has 3 rings (SSSR count). The van der Waals surface area contributed by atoms with Crippen molar-refractivity contribution in [2.75, 3.05) is 32.7 Å². The van der Waals surface area contributed by atoms with Crippen LogP contribution < -0.4 is 0 Å². The van der Waals surface area contributed by atoms with E-state index >= 15 is 0 Å². The maximum atomic E-state index is 12.7. The van der Waals surface area contributed by atoms with E-state index in [4.69, 9.17) is 0 Å². The predicted molar refractivity (Wildman–Crippen MR) is 95.4 cm³/mol. The molecule has 0 atom stereocenters. The second kappa shape index (κ2) is 7.90. The van der Waals surface area contributed by atoms with Gasteiger partial charge in [0.25, 0.3) is 5.91 Å². The van der Waals surface area contributed by atoms with Crippen molar-refractivity contribution in [3.8, 4) is 0 Å². The Hall–Kier alpha value is -1.73. The molecule has 0 radical (unpaired) electrons. The smallest absolute Gasteiger partial charge is 0.264 e. The highest BCUT2D eigenvalue weighted by Crippen LogP contribution is 2.24. The molecule has 1 aliphatic heterocycles. The monoisotopic (exact) mass is 347 g/mol. The summed E-state index contributed by atoms with van der Waals surface area (Å²) in [6.45, 7) is 9.54. The van der Waals surface area contributed by atoms with Crippen LogP contribution in [0.1, 0.15) is 33.5 Å². The van der Waals surface area contributed by atoms with Gasteiger partial charge in [0, 0.05) is 37.6 Å². The zero-order chi connectivity index (χ0) is 16.9. The van der Waals surface area contributed by atoms with Gasteiger partial charge in [0.1, 0.15) is 12.7 Å². The number of carbonyl (C=O) groups excluding carboxylic acids is 1. The summed E-state index contributed by atoms with van der Waals surface area (Å²) in [5, 5.41) is 4.12. The van der Waals surface area contributed by atoms with Crippen LogP contribution in [-0.2, 0) is 13.0 Å². The van der Waals surface area contributed by atoms with Gasteiger partial charge in [0.15, 0.2) is 0 Å². The van der Waals surface area contributed by atoms with E-state index in [9.17, 15) is 4.79 Å². The number of aryl methyl sites for hydroxylation is 2. The molecule has 0 unspecified atom stereocenters. The van der Waals surface area contributed by atoms with Gasteiger partial charge in [-0.15, -0.1) is 11.3 Å². The summed E-state index contributed by atoms with van der Waals surface area (Å²) in [5.41, 5.74) is 1.33. The SMILES string of the molecule is CCCc1cc(C(=O)N2CCN(CCn3cncn3)CC2)sc1C. The Balaban J connectivity index is 1.50. The van der Waals surface area contributed by atoms with Gasteiger partial charge in [-0.3, -0.25) is 14.4 Å². The molecule has 1 aliphatic rings. The Bertz CT molecular complexity index is 659. The molecule has 3 heterocycles. The topological polar surface area (TPSA) is 54.3 Å². The fourth-order valence-electron chi connectivity index (χ4n) is 3.07. The molecule has 130 valence electrons. The number of thiophene rings is 1. The van der Waals surface area contributed by atoms with E-state index in [2.05, 4.69) is 34.9 Å². The normalized spacial score (nSPS) is 15.8. The molecule has 1 fully saturated rings. The van der Waals surface area contributed by atoms with Crippen molar-refractivity contribution in [3.05, 3.63) is 34.0 Å². The summed E-state index contributed by atoms with van der Waals surface area (Å²) >= 11 is 1.64. The van der Waals surface area contributed by atoms with Gasteiger partial charge < -0.3 is 4.90 Å². The maximum absolute atomic E-state index is 12.7. The lowest BCUT2D eigenvalue weighted by Gasteiger charge is -2.34. The second-order valence-electron chi connectivity index (χ2n) is 6.23. The first-order chi connectivity index (χ1) is 11.7. The lowest BCUT2D eigenvalue weighted by molar-refractivity contribution is 0.0636. The number of rotatable bonds is 6. The van der Waals surface area contributed by atoms with Crippen molar-refractivity contribution in [2.45, 2.75) is 33.2 Å². The average molecular weight is 347 g/mol. The van der Waals surface area contributed by atoms with E-state index in [0.717, 1.165) is 57.0 Å². The van der Waals surface area contributed by atoms with E-state index in [1.807, 2.05) is 9.58 Å². The minimum Gasteiger partial charge on any atom is -0.335 e. The van der Waals surface area contributed by atoms with Gasteiger partial charge >= 0.3 is 0 Å². The lowest BCUT2D eigenvalue weighted by Crippen LogP contribution is -2.49. The third kappa shape index (κ3) is 4.02. The largest absolute Gasteiger partial charge is 0.335 e. The molecule has 7 heteroatoms. The summed E-state index contributed by atoms with van der Waals surface area (Å²) in [6.07, 6.45) is 5.49. The summed E-state index contributed by atoms with van der Waals surface area (Å²) in [6, 6.07) is 2.10. The van der Waals surface area contributed by atoms with Gasteiger partial charge in [0.05, 0.1) is 11.4 Å². The molecule has 0 bridgehead atoms. The summed E-state index contributed by atoms with van der Waals surface area (Å²) < 4.78 is 1.85. The van der Waals surface area contributed by atoms with Crippen LogP contribution in [0.4, 0.5) is 0 Å². The highest BCUT2D eigenvalue weighted by Gasteiger charge is 2.23. The first-order valence-corrected chi connectivity index (χ1v) is 9.42. The molecular weight excluding hydrogens is 322 g/mol. The van der Waals surface area contributed by atoms with Crippen LogP contribution in [0, 0.1) is 6.92 Å². The minimum absolute atomic E-state index is 0.196. The van der Waals surface area contributed by atoms with E-state index in [0.29, 0.717) is 0 Å². The molecule has 0 N–H and O–H groups in total. The lowest BCUT2D eigenvalue weighted by atomic mass is 10.1. The van der Waals surface area contributed by atoms with Crippen molar-refractivity contribution >= 4 is 17.2 Å². The van der Waals surface area contributed by atoms with Crippen molar-refractivity contribution in [3.63, 3.8) is 0 Å². The minimum atomic E-state index is 0.196. The summed E-state index contributed by atoms with van der Waals surface area (Å²) in [7, 11) is 0. The molecule has 2 aromatic heterocycles. The molecule has 1 saturated heterocycles. The van der Waals surface area contributed by atoms with Gasteiger partial charge in [-0.1, -0.05) is 13.3 Å². The van der Waals surface area contributed by atoms with E-state index in [-0.39, 0.29) is 5.91 Å². The van der Waals surface area contributed by atoms with Gasteiger partial charge in [-0.05, 0) is 25.0 Å². The standard InChI is InChI=1S/C17H25N5OS/c1-3-4-15-11-16(24-14(15)2)17(23)21-8-5-20(6-9-21)7-10-22-13-18-12-19-22/h11-13H,3-10H2,1-2H3. The zero-order valence-corrected chi connectivity index (χ0v) is 15.3. The van der Waals surface area contributed by atoms with Crippen LogP contribution in [0.25, 0.3) is 0 Å². The molecule has 24 heavy (non-hydrogen) atoms. The van der Waals surface area contributed by atoms with Crippen molar-refractivity contribution < 1.29 is 4.79 Å². The van der Waals surface area contributed by atoms with E-state index in [1.165, 1.54) is 10.4 Å². The number of aromatic nitrogens is 3. The van der Waals surface area contributed by atoms with Crippen LogP contribution in [0.5, 0.6) is 0 Å². The highest BCUT2D eigenvalue weighted by molar-refractivity contribution is 7.14. The van der Waals surface area contributed by atoms with Crippen LogP contribution in [0.3, 0.4) is 0 Å². The third-order valence-electron chi connectivity index (χ3n) is 4.52. The van der Waals surface area contributed by atoms with E-state index in [1.54, 1.807) is 24.0 Å². The third-order valence-corrected chi connectivity index (χ3v) is 5.60. The first-order valence-electron chi connectivity index (χ1n) is 8.60. The fourth-order valence-corrected chi connectivity index (χ4v) is 4.10. The first kappa shape index (κ1) is 17.1.